The number of nitrogens with one attached hydrogen (secondary N) is 1. The minimum Gasteiger partial charge on any atom is -0.373 e. The third kappa shape index (κ3) is 2.98. The summed E-state index contributed by atoms with van der Waals surface area (Å²) in [5, 5.41) is 3.04. The van der Waals surface area contributed by atoms with Gasteiger partial charge in [-0.05, 0) is 36.3 Å². The SMILES string of the molecule is O=C(CC1OCCc2ccccc21)NCC1CCC1. The summed E-state index contributed by atoms with van der Waals surface area (Å²) in [7, 11) is 0. The normalized spacial score (nSPS) is 22.4. The summed E-state index contributed by atoms with van der Waals surface area (Å²) in [5.74, 6) is 0.831. The molecular formula is C16H21NO2. The van der Waals surface area contributed by atoms with Crippen LogP contribution in [0.1, 0.15) is 42.9 Å². The molecule has 0 saturated heterocycles. The van der Waals surface area contributed by atoms with Crippen molar-refractivity contribution < 1.29 is 9.53 Å². The Morgan fingerprint density at radius 1 is 1.32 bits per heavy atom. The lowest BCUT2D eigenvalue weighted by Crippen LogP contribution is -2.33. The molecule has 102 valence electrons. The van der Waals surface area contributed by atoms with Gasteiger partial charge in [-0.25, -0.2) is 0 Å². The summed E-state index contributed by atoms with van der Waals surface area (Å²) in [4.78, 5) is 12.0. The Morgan fingerprint density at radius 3 is 2.95 bits per heavy atom. The summed E-state index contributed by atoms with van der Waals surface area (Å²) in [6, 6.07) is 8.29. The number of hydrogen-bond donors (Lipinski definition) is 1. The predicted molar refractivity (Wildman–Crippen MR) is 73.8 cm³/mol. The van der Waals surface area contributed by atoms with Crippen LogP contribution in [-0.4, -0.2) is 19.1 Å². The monoisotopic (exact) mass is 259 g/mol. The van der Waals surface area contributed by atoms with Gasteiger partial charge >= 0.3 is 0 Å². The van der Waals surface area contributed by atoms with E-state index in [9.17, 15) is 4.79 Å². The smallest absolute Gasteiger partial charge is 0.222 e. The van der Waals surface area contributed by atoms with E-state index < -0.39 is 0 Å². The highest BCUT2D eigenvalue weighted by Crippen LogP contribution is 2.29. The molecule has 1 unspecified atom stereocenters. The van der Waals surface area contributed by atoms with Gasteiger partial charge in [0.2, 0.25) is 5.91 Å². The van der Waals surface area contributed by atoms with Crippen molar-refractivity contribution in [1.29, 1.82) is 0 Å². The van der Waals surface area contributed by atoms with Crippen LogP contribution >= 0.6 is 0 Å². The summed E-state index contributed by atoms with van der Waals surface area (Å²) in [5.41, 5.74) is 2.51. The van der Waals surface area contributed by atoms with Crippen molar-refractivity contribution in [2.45, 2.75) is 38.2 Å². The van der Waals surface area contributed by atoms with Crippen molar-refractivity contribution >= 4 is 5.91 Å². The largest absolute Gasteiger partial charge is 0.373 e. The van der Waals surface area contributed by atoms with Crippen LogP contribution in [0, 0.1) is 5.92 Å². The fourth-order valence-electron chi connectivity index (χ4n) is 2.84. The highest BCUT2D eigenvalue weighted by molar-refractivity contribution is 5.76. The van der Waals surface area contributed by atoms with Gasteiger partial charge in [0.1, 0.15) is 0 Å². The van der Waals surface area contributed by atoms with Gasteiger partial charge in [0, 0.05) is 6.54 Å². The van der Waals surface area contributed by atoms with E-state index in [0.29, 0.717) is 12.3 Å². The average Bonchev–Trinajstić information content (AvgIpc) is 2.37. The van der Waals surface area contributed by atoms with Gasteiger partial charge in [0.15, 0.2) is 0 Å². The zero-order chi connectivity index (χ0) is 13.1. The Kier molecular flexibility index (Phi) is 3.83. The number of rotatable bonds is 4. The van der Waals surface area contributed by atoms with Crippen molar-refractivity contribution in [1.82, 2.24) is 5.32 Å². The van der Waals surface area contributed by atoms with Crippen molar-refractivity contribution in [3.8, 4) is 0 Å². The molecule has 1 fully saturated rings. The lowest BCUT2D eigenvalue weighted by atomic mass is 9.85. The Hall–Kier alpha value is -1.35. The molecule has 1 aliphatic carbocycles. The number of hydrogen-bond acceptors (Lipinski definition) is 2. The molecule has 1 aliphatic heterocycles. The van der Waals surface area contributed by atoms with Crippen LogP contribution in [0.25, 0.3) is 0 Å². The molecule has 1 amide bonds. The minimum atomic E-state index is -0.0636. The molecule has 3 rings (SSSR count). The first-order valence-corrected chi connectivity index (χ1v) is 7.29. The topological polar surface area (TPSA) is 38.3 Å². The number of amides is 1. The first kappa shape index (κ1) is 12.7. The summed E-state index contributed by atoms with van der Waals surface area (Å²) in [6.07, 6.45) is 5.19. The molecule has 0 aromatic heterocycles. The van der Waals surface area contributed by atoms with Gasteiger partial charge < -0.3 is 10.1 Å². The van der Waals surface area contributed by atoms with Crippen LogP contribution in [-0.2, 0) is 16.0 Å². The van der Waals surface area contributed by atoms with E-state index in [1.807, 2.05) is 6.07 Å². The quantitative estimate of drug-likeness (QED) is 0.902. The molecule has 1 aromatic carbocycles. The van der Waals surface area contributed by atoms with Crippen LogP contribution in [0.5, 0.6) is 0 Å². The Labute approximate surface area is 114 Å². The first-order valence-electron chi connectivity index (χ1n) is 7.29. The summed E-state index contributed by atoms with van der Waals surface area (Å²) < 4.78 is 5.76. The average molecular weight is 259 g/mol. The van der Waals surface area contributed by atoms with E-state index in [1.165, 1.54) is 30.4 Å². The molecular weight excluding hydrogens is 238 g/mol. The summed E-state index contributed by atoms with van der Waals surface area (Å²) >= 11 is 0. The van der Waals surface area contributed by atoms with E-state index in [2.05, 4.69) is 23.5 Å². The third-order valence-corrected chi connectivity index (χ3v) is 4.28. The van der Waals surface area contributed by atoms with Gasteiger partial charge in [-0.3, -0.25) is 4.79 Å². The van der Waals surface area contributed by atoms with E-state index >= 15 is 0 Å². The van der Waals surface area contributed by atoms with Crippen molar-refractivity contribution in [3.05, 3.63) is 35.4 Å². The van der Waals surface area contributed by atoms with Crippen LogP contribution in [0.15, 0.2) is 24.3 Å². The maximum Gasteiger partial charge on any atom is 0.222 e. The van der Waals surface area contributed by atoms with Crippen molar-refractivity contribution in [2.75, 3.05) is 13.2 Å². The number of carbonyl (C=O) groups excluding carboxylic acids is 1. The highest BCUT2D eigenvalue weighted by atomic mass is 16.5. The molecule has 1 heterocycles. The van der Waals surface area contributed by atoms with E-state index in [1.54, 1.807) is 0 Å². The fraction of sp³-hybridized carbons (Fsp3) is 0.562. The molecule has 0 radical (unpaired) electrons. The molecule has 1 N–H and O–H groups in total. The molecule has 0 bridgehead atoms. The number of fused-ring (bicyclic) bond motifs is 1. The predicted octanol–water partition coefficient (Wildman–Crippen LogP) is 2.61. The van der Waals surface area contributed by atoms with Crippen LogP contribution < -0.4 is 5.32 Å². The Balaban J connectivity index is 1.56. The zero-order valence-corrected chi connectivity index (χ0v) is 11.2. The maximum atomic E-state index is 12.0. The van der Waals surface area contributed by atoms with Gasteiger partial charge in [-0.15, -0.1) is 0 Å². The standard InChI is InChI=1S/C16H21NO2/c18-16(17-11-12-4-3-5-12)10-15-14-7-2-1-6-13(14)8-9-19-15/h1-2,6-7,12,15H,3-5,8-11H2,(H,17,18). The van der Waals surface area contributed by atoms with Crippen LogP contribution in [0.3, 0.4) is 0 Å². The molecule has 1 saturated carbocycles. The third-order valence-electron chi connectivity index (χ3n) is 4.28. The van der Waals surface area contributed by atoms with Gasteiger partial charge in [0.25, 0.3) is 0 Å². The second-order valence-corrected chi connectivity index (χ2v) is 5.61. The van der Waals surface area contributed by atoms with E-state index in [4.69, 9.17) is 4.74 Å². The lowest BCUT2D eigenvalue weighted by molar-refractivity contribution is -0.124. The molecule has 0 spiro atoms. The Morgan fingerprint density at radius 2 is 2.16 bits per heavy atom. The fourth-order valence-corrected chi connectivity index (χ4v) is 2.84. The highest BCUT2D eigenvalue weighted by Gasteiger charge is 2.24. The van der Waals surface area contributed by atoms with E-state index in [0.717, 1.165) is 19.6 Å². The van der Waals surface area contributed by atoms with Crippen molar-refractivity contribution in [2.24, 2.45) is 5.92 Å². The Bertz CT molecular complexity index is 454. The molecule has 3 heteroatoms. The summed E-state index contributed by atoms with van der Waals surface area (Å²) in [6.45, 7) is 1.56. The van der Waals surface area contributed by atoms with Crippen LogP contribution in [0.4, 0.5) is 0 Å². The van der Waals surface area contributed by atoms with Crippen LogP contribution in [0.2, 0.25) is 0 Å². The molecule has 3 nitrogen and oxygen atoms in total. The van der Waals surface area contributed by atoms with Crippen molar-refractivity contribution in [3.63, 3.8) is 0 Å². The number of benzene rings is 1. The zero-order valence-electron chi connectivity index (χ0n) is 11.2. The molecule has 1 atom stereocenters. The lowest BCUT2D eigenvalue weighted by Gasteiger charge is -2.27. The number of carbonyl (C=O) groups is 1. The minimum absolute atomic E-state index is 0.0636. The molecule has 19 heavy (non-hydrogen) atoms. The van der Waals surface area contributed by atoms with Gasteiger partial charge in [-0.2, -0.15) is 0 Å². The number of ether oxygens (including phenoxy) is 1. The second kappa shape index (κ2) is 5.74. The van der Waals surface area contributed by atoms with Gasteiger partial charge in [0.05, 0.1) is 19.1 Å². The second-order valence-electron chi connectivity index (χ2n) is 5.61. The molecule has 1 aromatic rings. The van der Waals surface area contributed by atoms with Gasteiger partial charge in [-0.1, -0.05) is 30.7 Å². The molecule has 2 aliphatic rings. The van der Waals surface area contributed by atoms with E-state index in [-0.39, 0.29) is 12.0 Å². The first-order chi connectivity index (χ1) is 9.33. The maximum absolute atomic E-state index is 12.0.